The van der Waals surface area contributed by atoms with Gasteiger partial charge >= 0.3 is 11.9 Å². The molecule has 2 amide bonds. The number of hydrogen-bond donors (Lipinski definition) is 4. The average Bonchev–Trinajstić information content (AvgIpc) is 3.68. The number of unbranched alkanes of at least 4 members (excludes halogenated alkanes) is 9. The van der Waals surface area contributed by atoms with Crippen molar-refractivity contribution in [3.63, 3.8) is 0 Å². The van der Waals surface area contributed by atoms with Crippen molar-refractivity contribution in [2.24, 2.45) is 0 Å². The van der Waals surface area contributed by atoms with Crippen LogP contribution in [-0.2, 0) is 31.9 Å². The Morgan fingerprint density at radius 2 is 0.923 bits per heavy atom. The molecule has 0 aliphatic heterocycles. The fraction of sp³-hybridized carbons (Fsp3) is 0.500. The normalized spacial score (nSPS) is 11.1. The fourth-order valence-corrected chi connectivity index (χ4v) is 6.39. The zero-order valence-electron chi connectivity index (χ0n) is 31.0. The number of aromatic nitrogens is 2. The first kappa shape index (κ1) is 39.8. The molecular formula is C40H54N4O8. The van der Waals surface area contributed by atoms with E-state index >= 15 is 0 Å². The first-order chi connectivity index (χ1) is 25.2. The van der Waals surface area contributed by atoms with Crippen LogP contribution in [0.5, 0.6) is 11.5 Å². The monoisotopic (exact) mass is 718 g/mol. The highest BCUT2D eigenvalue weighted by molar-refractivity contribution is 5.99. The molecule has 4 rings (SSSR count). The van der Waals surface area contributed by atoms with Gasteiger partial charge in [-0.3, -0.25) is 9.59 Å². The third kappa shape index (κ3) is 11.8. The predicted molar refractivity (Wildman–Crippen MR) is 201 cm³/mol. The molecule has 4 aromatic rings. The summed E-state index contributed by atoms with van der Waals surface area (Å²) in [6, 6.07) is 11.2. The molecule has 2 heterocycles. The molecule has 0 aliphatic rings. The molecule has 2 aromatic heterocycles. The maximum atomic E-state index is 13.0. The molecule has 4 N–H and O–H groups in total. The zero-order chi connectivity index (χ0) is 37.3. The Kier molecular flexibility index (Phi) is 15.9. The van der Waals surface area contributed by atoms with Crippen molar-refractivity contribution < 1.29 is 38.1 Å². The highest BCUT2D eigenvalue weighted by Crippen LogP contribution is 2.29. The summed E-state index contributed by atoms with van der Waals surface area (Å²) in [4.78, 5) is 55.1. The third-order valence-corrected chi connectivity index (χ3v) is 9.14. The molecule has 0 bridgehead atoms. The minimum atomic E-state index is -0.384. The van der Waals surface area contributed by atoms with E-state index in [0.717, 1.165) is 97.1 Å². The van der Waals surface area contributed by atoms with E-state index in [4.69, 9.17) is 18.9 Å². The van der Waals surface area contributed by atoms with Crippen LogP contribution in [0.3, 0.4) is 0 Å². The SMILES string of the molecule is COc1ccc2[nH]c(C(=O)OCCCCCCCCCCCCOC(=O)c3[nH]c4ccc(OC)cc4c3CCNC(C)=O)c(CCNC(C)=O)c2c1. The largest absolute Gasteiger partial charge is 0.497 e. The van der Waals surface area contributed by atoms with Crippen molar-refractivity contribution >= 4 is 45.6 Å². The molecule has 0 atom stereocenters. The highest BCUT2D eigenvalue weighted by atomic mass is 16.5. The number of fused-ring (bicyclic) bond motifs is 2. The highest BCUT2D eigenvalue weighted by Gasteiger charge is 2.21. The fourth-order valence-electron chi connectivity index (χ4n) is 6.39. The number of amides is 2. The summed E-state index contributed by atoms with van der Waals surface area (Å²) in [6.45, 7) is 4.51. The minimum absolute atomic E-state index is 0.116. The first-order valence-corrected chi connectivity index (χ1v) is 18.4. The number of ether oxygens (including phenoxy) is 4. The van der Waals surface area contributed by atoms with Crippen molar-refractivity contribution in [2.45, 2.75) is 90.9 Å². The number of nitrogens with one attached hydrogen (secondary N) is 4. The summed E-state index contributed by atoms with van der Waals surface area (Å²) in [6.07, 6.45) is 11.4. The molecule has 0 saturated heterocycles. The van der Waals surface area contributed by atoms with Crippen LogP contribution >= 0.6 is 0 Å². The van der Waals surface area contributed by atoms with E-state index < -0.39 is 0 Å². The summed E-state index contributed by atoms with van der Waals surface area (Å²) in [7, 11) is 3.21. The van der Waals surface area contributed by atoms with Crippen LogP contribution in [0.2, 0.25) is 0 Å². The number of aromatic amines is 2. The van der Waals surface area contributed by atoms with Gasteiger partial charge in [-0.2, -0.15) is 0 Å². The molecule has 0 fully saturated rings. The number of carbonyl (C=O) groups is 4. The van der Waals surface area contributed by atoms with E-state index in [2.05, 4.69) is 20.6 Å². The van der Waals surface area contributed by atoms with Crippen molar-refractivity contribution in [3.8, 4) is 11.5 Å². The molecule has 0 radical (unpaired) electrons. The second-order valence-corrected chi connectivity index (χ2v) is 13.1. The van der Waals surface area contributed by atoms with Crippen LogP contribution in [0.25, 0.3) is 21.8 Å². The molecule has 0 aliphatic carbocycles. The van der Waals surface area contributed by atoms with Crippen molar-refractivity contribution in [1.82, 2.24) is 20.6 Å². The Morgan fingerprint density at radius 3 is 1.27 bits per heavy atom. The number of H-pyrrole nitrogens is 2. The zero-order valence-corrected chi connectivity index (χ0v) is 31.0. The lowest BCUT2D eigenvalue weighted by molar-refractivity contribution is -0.119. The van der Waals surface area contributed by atoms with Crippen molar-refractivity contribution in [2.75, 3.05) is 40.5 Å². The lowest BCUT2D eigenvalue weighted by Gasteiger charge is -2.08. The Hall–Kier alpha value is -5.00. The molecular weight excluding hydrogens is 664 g/mol. The van der Waals surface area contributed by atoms with Gasteiger partial charge in [0.1, 0.15) is 22.9 Å². The van der Waals surface area contributed by atoms with Gasteiger partial charge in [-0.1, -0.05) is 51.4 Å². The number of hydrogen-bond acceptors (Lipinski definition) is 8. The number of rotatable bonds is 23. The van der Waals surface area contributed by atoms with E-state index in [9.17, 15) is 19.2 Å². The van der Waals surface area contributed by atoms with Gasteiger partial charge in [0.15, 0.2) is 0 Å². The summed E-state index contributed by atoms with van der Waals surface area (Å²) >= 11 is 0. The number of esters is 2. The van der Waals surface area contributed by atoms with Gasteiger partial charge in [-0.05, 0) is 73.2 Å². The maximum absolute atomic E-state index is 13.0. The Morgan fingerprint density at radius 1 is 0.558 bits per heavy atom. The standard InChI is InChI=1S/C40H54N4O8/c1-27(45)41-21-19-31-33-25-29(49-3)15-17-35(33)43-37(31)39(47)51-23-13-11-9-7-5-6-8-10-12-14-24-52-40(48)38-32(20-22-42-28(2)46)34-26-30(50-4)16-18-36(34)44-38/h15-18,25-26,43-44H,5-14,19-24H2,1-4H3,(H,41,45)(H,42,46). The molecule has 0 saturated carbocycles. The molecule has 12 heteroatoms. The van der Waals surface area contributed by atoms with Crippen molar-refractivity contribution in [3.05, 3.63) is 58.9 Å². The lowest BCUT2D eigenvalue weighted by atomic mass is 10.1. The van der Waals surface area contributed by atoms with Gasteiger partial charge in [-0.15, -0.1) is 0 Å². The van der Waals surface area contributed by atoms with Gasteiger partial charge in [0.2, 0.25) is 11.8 Å². The van der Waals surface area contributed by atoms with Crippen LogP contribution in [0.15, 0.2) is 36.4 Å². The van der Waals surface area contributed by atoms with Crippen LogP contribution in [0.4, 0.5) is 0 Å². The Balaban J connectivity index is 1.07. The molecule has 52 heavy (non-hydrogen) atoms. The molecule has 0 spiro atoms. The molecule has 12 nitrogen and oxygen atoms in total. The van der Waals surface area contributed by atoms with Crippen LogP contribution < -0.4 is 20.1 Å². The van der Waals surface area contributed by atoms with E-state index in [1.54, 1.807) is 14.2 Å². The predicted octanol–water partition coefficient (Wildman–Crippen LogP) is 6.94. The van der Waals surface area contributed by atoms with E-state index in [1.807, 2.05) is 36.4 Å². The van der Waals surface area contributed by atoms with Gasteiger partial charge in [0.25, 0.3) is 0 Å². The maximum Gasteiger partial charge on any atom is 0.355 e. The van der Waals surface area contributed by atoms with Gasteiger partial charge in [0, 0.05) is 48.7 Å². The number of methoxy groups -OCH3 is 2. The number of carbonyl (C=O) groups excluding carboxylic acids is 4. The van der Waals surface area contributed by atoms with Crippen LogP contribution in [0, 0.1) is 0 Å². The summed E-state index contributed by atoms with van der Waals surface area (Å²) in [5.41, 5.74) is 4.11. The summed E-state index contributed by atoms with van der Waals surface area (Å²) in [5, 5.41) is 7.36. The molecule has 2 aromatic carbocycles. The quantitative estimate of drug-likeness (QED) is 0.0474. The van der Waals surface area contributed by atoms with E-state index in [-0.39, 0.29) is 23.8 Å². The topological polar surface area (TPSA) is 161 Å². The van der Waals surface area contributed by atoms with Crippen molar-refractivity contribution in [1.29, 1.82) is 0 Å². The summed E-state index contributed by atoms with van der Waals surface area (Å²) in [5.74, 6) is 0.392. The average molecular weight is 719 g/mol. The Bertz CT molecular complexity index is 1660. The minimum Gasteiger partial charge on any atom is -0.497 e. The van der Waals surface area contributed by atoms with Gasteiger partial charge in [-0.25, -0.2) is 9.59 Å². The number of benzene rings is 2. The Labute approximate surface area is 305 Å². The van der Waals surface area contributed by atoms with Crippen LogP contribution in [-0.4, -0.2) is 74.2 Å². The van der Waals surface area contributed by atoms with Crippen LogP contribution in [0.1, 0.15) is 110 Å². The summed E-state index contributed by atoms with van der Waals surface area (Å²) < 4.78 is 22.0. The second kappa shape index (κ2) is 20.8. The van der Waals surface area contributed by atoms with Gasteiger partial charge < -0.3 is 39.5 Å². The smallest absolute Gasteiger partial charge is 0.355 e. The second-order valence-electron chi connectivity index (χ2n) is 13.1. The van der Waals surface area contributed by atoms with E-state index in [0.29, 0.717) is 62.0 Å². The third-order valence-electron chi connectivity index (χ3n) is 9.14. The van der Waals surface area contributed by atoms with Gasteiger partial charge in [0.05, 0.1) is 27.4 Å². The van der Waals surface area contributed by atoms with E-state index in [1.165, 1.54) is 13.8 Å². The first-order valence-electron chi connectivity index (χ1n) is 18.4. The molecule has 0 unspecified atom stereocenters. The lowest BCUT2D eigenvalue weighted by Crippen LogP contribution is -2.23. The molecule has 282 valence electrons.